The summed E-state index contributed by atoms with van der Waals surface area (Å²) in [5, 5.41) is 0. The molecule has 0 aliphatic heterocycles. The van der Waals surface area contributed by atoms with Crippen molar-refractivity contribution in [2.45, 2.75) is 60.3 Å². The highest BCUT2D eigenvalue weighted by atomic mass is 16.1. The smallest absolute Gasteiger partial charge is 0.138 e. The Hall–Kier alpha value is -0.660. The van der Waals surface area contributed by atoms with E-state index in [1.54, 1.807) is 0 Å². The van der Waals surface area contributed by atoms with Crippen molar-refractivity contribution in [2.24, 2.45) is 17.3 Å². The van der Waals surface area contributed by atoms with Gasteiger partial charge >= 0.3 is 0 Å². The first kappa shape index (κ1) is 15.3. The van der Waals surface area contributed by atoms with Crippen LogP contribution in [0.4, 0.5) is 0 Å². The fraction of sp³-hybridized carbons (Fsp3) is 0.857. The van der Waals surface area contributed by atoms with Crippen LogP contribution in [0.25, 0.3) is 0 Å². The first-order chi connectivity index (χ1) is 7.33. The molecule has 0 aromatic rings. The Labute approximate surface area is 99.8 Å². The molecule has 2 atom stereocenters. The summed E-state index contributed by atoms with van der Waals surface area (Å²) in [7, 11) is 0. The van der Waals surface area contributed by atoms with Gasteiger partial charge in [0, 0.05) is 17.8 Å². The zero-order chi connectivity index (χ0) is 12.8. The van der Waals surface area contributed by atoms with Crippen molar-refractivity contribution in [3.05, 3.63) is 0 Å². The van der Waals surface area contributed by atoms with Crippen molar-refractivity contribution in [3.63, 3.8) is 0 Å². The van der Waals surface area contributed by atoms with Gasteiger partial charge in [0.15, 0.2) is 0 Å². The number of carbonyl (C=O) groups is 2. The highest BCUT2D eigenvalue weighted by Gasteiger charge is 2.27. The number of carbonyl (C=O) groups excluding carboxylic acids is 2. The Morgan fingerprint density at radius 2 is 1.88 bits per heavy atom. The molecule has 16 heavy (non-hydrogen) atoms. The van der Waals surface area contributed by atoms with Crippen LogP contribution in [0.15, 0.2) is 0 Å². The highest BCUT2D eigenvalue weighted by molar-refractivity contribution is 5.84. The minimum absolute atomic E-state index is 0.0667. The quantitative estimate of drug-likeness (QED) is 0.592. The van der Waals surface area contributed by atoms with E-state index in [1.165, 1.54) is 0 Å². The SMILES string of the molecule is CCCC(C)(C)C(=O)CC(C)CC(C)C=O. The molecule has 0 amide bonds. The number of hydrogen-bond acceptors (Lipinski definition) is 2. The van der Waals surface area contributed by atoms with E-state index < -0.39 is 0 Å². The van der Waals surface area contributed by atoms with Crippen LogP contribution in [-0.2, 0) is 9.59 Å². The monoisotopic (exact) mass is 226 g/mol. The third-order valence-corrected chi connectivity index (χ3v) is 3.17. The normalized spacial score (nSPS) is 15.6. The molecule has 0 radical (unpaired) electrons. The molecule has 0 fully saturated rings. The Morgan fingerprint density at radius 1 is 1.31 bits per heavy atom. The van der Waals surface area contributed by atoms with Crippen LogP contribution in [-0.4, -0.2) is 12.1 Å². The van der Waals surface area contributed by atoms with Crippen LogP contribution in [0.5, 0.6) is 0 Å². The number of ketones is 1. The van der Waals surface area contributed by atoms with Crippen LogP contribution < -0.4 is 0 Å². The van der Waals surface area contributed by atoms with E-state index >= 15 is 0 Å². The topological polar surface area (TPSA) is 34.1 Å². The molecule has 0 saturated heterocycles. The maximum absolute atomic E-state index is 12.0. The number of hydrogen-bond donors (Lipinski definition) is 0. The van der Waals surface area contributed by atoms with Gasteiger partial charge in [0.05, 0.1) is 0 Å². The van der Waals surface area contributed by atoms with E-state index in [4.69, 9.17) is 0 Å². The Morgan fingerprint density at radius 3 is 2.31 bits per heavy atom. The third kappa shape index (κ3) is 5.43. The average molecular weight is 226 g/mol. The molecule has 0 N–H and O–H groups in total. The van der Waals surface area contributed by atoms with E-state index in [0.717, 1.165) is 25.5 Å². The third-order valence-electron chi connectivity index (χ3n) is 3.17. The predicted octanol–water partition coefficient (Wildman–Crippen LogP) is 3.63. The van der Waals surface area contributed by atoms with Crippen LogP contribution in [0, 0.1) is 17.3 Å². The van der Waals surface area contributed by atoms with Crippen molar-refractivity contribution in [1.29, 1.82) is 0 Å². The van der Waals surface area contributed by atoms with Crippen molar-refractivity contribution in [1.82, 2.24) is 0 Å². The van der Waals surface area contributed by atoms with Gasteiger partial charge in [-0.25, -0.2) is 0 Å². The lowest BCUT2D eigenvalue weighted by Crippen LogP contribution is -2.26. The van der Waals surface area contributed by atoms with Gasteiger partial charge in [-0.15, -0.1) is 0 Å². The summed E-state index contributed by atoms with van der Waals surface area (Å²) < 4.78 is 0. The second kappa shape index (κ2) is 6.82. The summed E-state index contributed by atoms with van der Waals surface area (Å²) in [5.41, 5.74) is -0.201. The summed E-state index contributed by atoms with van der Waals surface area (Å²) >= 11 is 0. The minimum Gasteiger partial charge on any atom is -0.303 e. The standard InChI is InChI=1S/C14H26O2/c1-6-7-14(4,5)13(16)9-11(2)8-12(3)10-15/h10-12H,6-9H2,1-5H3. The predicted molar refractivity (Wildman–Crippen MR) is 67.3 cm³/mol. The van der Waals surface area contributed by atoms with Gasteiger partial charge in [-0.05, 0) is 18.8 Å². The maximum atomic E-state index is 12.0. The Bertz CT molecular complexity index is 231. The second-order valence-corrected chi connectivity index (χ2v) is 5.72. The van der Waals surface area contributed by atoms with Gasteiger partial charge in [0.1, 0.15) is 12.1 Å². The molecule has 2 unspecified atom stereocenters. The molecule has 94 valence electrons. The lowest BCUT2D eigenvalue weighted by Gasteiger charge is -2.24. The summed E-state index contributed by atoms with van der Waals surface area (Å²) in [6, 6.07) is 0. The van der Waals surface area contributed by atoms with Gasteiger partial charge in [-0.3, -0.25) is 4.79 Å². The molecule has 2 heteroatoms. The molecule has 0 saturated carbocycles. The van der Waals surface area contributed by atoms with Gasteiger partial charge in [-0.2, -0.15) is 0 Å². The molecule has 0 bridgehead atoms. The number of rotatable bonds is 8. The lowest BCUT2D eigenvalue weighted by atomic mass is 9.79. The van der Waals surface area contributed by atoms with E-state index in [-0.39, 0.29) is 11.3 Å². The molecule has 0 aliphatic carbocycles. The molecule has 2 nitrogen and oxygen atoms in total. The summed E-state index contributed by atoms with van der Waals surface area (Å²) in [5.74, 6) is 0.709. The minimum atomic E-state index is -0.201. The fourth-order valence-corrected chi connectivity index (χ4v) is 2.13. The largest absolute Gasteiger partial charge is 0.303 e. The van der Waals surface area contributed by atoms with Gasteiger partial charge in [0.2, 0.25) is 0 Å². The van der Waals surface area contributed by atoms with Gasteiger partial charge in [-0.1, -0.05) is 41.0 Å². The van der Waals surface area contributed by atoms with Crippen LogP contribution in [0.1, 0.15) is 60.3 Å². The number of aldehydes is 1. The van der Waals surface area contributed by atoms with Gasteiger partial charge < -0.3 is 4.79 Å². The summed E-state index contributed by atoms with van der Waals surface area (Å²) in [4.78, 5) is 22.6. The van der Waals surface area contributed by atoms with Crippen molar-refractivity contribution >= 4 is 12.1 Å². The fourth-order valence-electron chi connectivity index (χ4n) is 2.13. The van der Waals surface area contributed by atoms with Crippen LogP contribution in [0.3, 0.4) is 0 Å². The van der Waals surface area contributed by atoms with Crippen molar-refractivity contribution in [2.75, 3.05) is 0 Å². The van der Waals surface area contributed by atoms with Crippen LogP contribution in [0.2, 0.25) is 0 Å². The van der Waals surface area contributed by atoms with Gasteiger partial charge in [0.25, 0.3) is 0 Å². The van der Waals surface area contributed by atoms with E-state index in [2.05, 4.69) is 13.8 Å². The Kier molecular flexibility index (Phi) is 6.54. The molecule has 0 heterocycles. The molecule has 0 aromatic carbocycles. The summed E-state index contributed by atoms with van der Waals surface area (Å²) in [6.07, 6.45) is 4.38. The molecule has 0 rings (SSSR count). The highest BCUT2D eigenvalue weighted by Crippen LogP contribution is 2.28. The van der Waals surface area contributed by atoms with Crippen molar-refractivity contribution in [3.8, 4) is 0 Å². The zero-order valence-corrected chi connectivity index (χ0v) is 11.4. The van der Waals surface area contributed by atoms with E-state index in [0.29, 0.717) is 18.1 Å². The molecular weight excluding hydrogens is 200 g/mol. The first-order valence-electron chi connectivity index (χ1n) is 6.32. The van der Waals surface area contributed by atoms with Crippen molar-refractivity contribution < 1.29 is 9.59 Å². The van der Waals surface area contributed by atoms with E-state index in [9.17, 15) is 9.59 Å². The molecular formula is C14H26O2. The van der Waals surface area contributed by atoms with E-state index in [1.807, 2.05) is 20.8 Å². The average Bonchev–Trinajstić information content (AvgIpc) is 2.17. The maximum Gasteiger partial charge on any atom is 0.138 e. The Balaban J connectivity index is 4.17. The second-order valence-electron chi connectivity index (χ2n) is 5.72. The first-order valence-corrected chi connectivity index (χ1v) is 6.32. The lowest BCUT2D eigenvalue weighted by molar-refractivity contribution is -0.128. The molecule has 0 spiro atoms. The van der Waals surface area contributed by atoms with Crippen LogP contribution >= 0.6 is 0 Å². The summed E-state index contributed by atoms with van der Waals surface area (Å²) in [6.45, 7) is 10.1. The molecule has 0 aromatic heterocycles. The number of Topliss-reactive ketones (excluding diaryl/α,β-unsaturated/α-hetero) is 1. The molecule has 0 aliphatic rings. The zero-order valence-electron chi connectivity index (χ0n) is 11.4.